The van der Waals surface area contributed by atoms with Crippen LogP contribution in [0.5, 0.6) is 0 Å². The number of anilines is 1. The quantitative estimate of drug-likeness (QED) is 0.693. The summed E-state index contributed by atoms with van der Waals surface area (Å²) in [5.41, 5.74) is -0.134. The van der Waals surface area contributed by atoms with Crippen molar-refractivity contribution in [3.05, 3.63) is 12.3 Å². The molecule has 100 valence electrons. The maximum atomic E-state index is 5.84. The third-order valence-electron chi connectivity index (χ3n) is 3.65. The highest BCUT2D eigenvalue weighted by atomic mass is 16.5. The number of aromatic nitrogens is 2. The number of rotatable bonds is 4. The summed E-state index contributed by atoms with van der Waals surface area (Å²) in [4.78, 5) is 0. The van der Waals surface area contributed by atoms with E-state index in [-0.39, 0.29) is 5.60 Å². The van der Waals surface area contributed by atoms with Crippen LogP contribution in [-0.4, -0.2) is 54.7 Å². The molecule has 1 atom stereocenters. The standard InChI is InChI=1S/C12H21N5O/c1-12(8-13-4-5-18-12)9-15-11-2-3-16-17(11)10-6-14-7-10/h2-3,10,13-15H,4-9H2,1H3. The number of hydrogen-bond donors (Lipinski definition) is 3. The van der Waals surface area contributed by atoms with Gasteiger partial charge in [-0.05, 0) is 6.92 Å². The van der Waals surface area contributed by atoms with Crippen LogP contribution in [0.2, 0.25) is 0 Å². The molecular formula is C12H21N5O. The molecule has 1 aromatic heterocycles. The van der Waals surface area contributed by atoms with Gasteiger partial charge in [0.05, 0.1) is 24.4 Å². The Bertz CT molecular complexity index is 395. The topological polar surface area (TPSA) is 63.1 Å². The van der Waals surface area contributed by atoms with Crippen LogP contribution in [-0.2, 0) is 4.74 Å². The van der Waals surface area contributed by atoms with Crippen LogP contribution < -0.4 is 16.0 Å². The van der Waals surface area contributed by atoms with Crippen molar-refractivity contribution in [2.75, 3.05) is 44.6 Å². The summed E-state index contributed by atoms with van der Waals surface area (Å²) in [6, 6.07) is 2.51. The van der Waals surface area contributed by atoms with Crippen molar-refractivity contribution in [3.63, 3.8) is 0 Å². The third kappa shape index (κ3) is 2.36. The molecule has 0 spiro atoms. The van der Waals surface area contributed by atoms with E-state index < -0.39 is 0 Å². The van der Waals surface area contributed by atoms with E-state index in [1.54, 1.807) is 0 Å². The molecule has 3 N–H and O–H groups in total. The zero-order chi connectivity index (χ0) is 12.4. The lowest BCUT2D eigenvalue weighted by Gasteiger charge is -2.35. The number of nitrogens with zero attached hydrogens (tertiary/aromatic N) is 2. The predicted octanol–water partition coefficient (Wildman–Crippen LogP) is -0.182. The van der Waals surface area contributed by atoms with Crippen molar-refractivity contribution >= 4 is 5.82 Å². The summed E-state index contributed by atoms with van der Waals surface area (Å²) in [5, 5.41) is 14.5. The normalized spacial score (nSPS) is 28.9. The molecule has 0 bridgehead atoms. The maximum absolute atomic E-state index is 5.84. The molecule has 0 aliphatic carbocycles. The smallest absolute Gasteiger partial charge is 0.124 e. The highest BCUT2D eigenvalue weighted by Gasteiger charge is 2.28. The van der Waals surface area contributed by atoms with E-state index in [0.717, 1.165) is 45.1 Å². The van der Waals surface area contributed by atoms with Gasteiger partial charge in [0.2, 0.25) is 0 Å². The summed E-state index contributed by atoms with van der Waals surface area (Å²) < 4.78 is 7.90. The number of morpholine rings is 1. The van der Waals surface area contributed by atoms with Gasteiger partial charge in [-0.15, -0.1) is 0 Å². The van der Waals surface area contributed by atoms with Gasteiger partial charge in [0.1, 0.15) is 5.82 Å². The predicted molar refractivity (Wildman–Crippen MR) is 69.9 cm³/mol. The van der Waals surface area contributed by atoms with Crippen molar-refractivity contribution in [1.82, 2.24) is 20.4 Å². The van der Waals surface area contributed by atoms with Crippen molar-refractivity contribution in [3.8, 4) is 0 Å². The molecule has 6 nitrogen and oxygen atoms in total. The van der Waals surface area contributed by atoms with Gasteiger partial charge in [0, 0.05) is 38.8 Å². The van der Waals surface area contributed by atoms with Crippen LogP contribution in [0.15, 0.2) is 12.3 Å². The van der Waals surface area contributed by atoms with Crippen LogP contribution >= 0.6 is 0 Å². The molecule has 18 heavy (non-hydrogen) atoms. The van der Waals surface area contributed by atoms with E-state index in [1.165, 1.54) is 0 Å². The first-order chi connectivity index (χ1) is 8.77. The van der Waals surface area contributed by atoms with E-state index in [2.05, 4.69) is 32.7 Å². The first-order valence-electron chi connectivity index (χ1n) is 6.60. The summed E-state index contributed by atoms with van der Waals surface area (Å²) in [7, 11) is 0. The van der Waals surface area contributed by atoms with E-state index in [1.807, 2.05) is 12.3 Å². The fraction of sp³-hybridized carbons (Fsp3) is 0.750. The van der Waals surface area contributed by atoms with Gasteiger partial charge >= 0.3 is 0 Å². The summed E-state index contributed by atoms with van der Waals surface area (Å²) in [6.45, 7) is 7.56. The maximum Gasteiger partial charge on any atom is 0.124 e. The minimum absolute atomic E-state index is 0.134. The Morgan fingerprint density at radius 2 is 2.44 bits per heavy atom. The lowest BCUT2D eigenvalue weighted by atomic mass is 10.1. The molecule has 0 radical (unpaired) electrons. The van der Waals surface area contributed by atoms with Crippen LogP contribution in [0.4, 0.5) is 5.82 Å². The van der Waals surface area contributed by atoms with Gasteiger partial charge in [-0.2, -0.15) is 5.10 Å². The SMILES string of the molecule is CC1(CNc2ccnn2C2CNC2)CNCCO1. The van der Waals surface area contributed by atoms with Crippen molar-refractivity contribution in [2.24, 2.45) is 0 Å². The average molecular weight is 251 g/mol. The molecule has 2 fully saturated rings. The highest BCUT2D eigenvalue weighted by Crippen LogP contribution is 2.19. The van der Waals surface area contributed by atoms with Crippen LogP contribution in [0.1, 0.15) is 13.0 Å². The van der Waals surface area contributed by atoms with E-state index >= 15 is 0 Å². The molecule has 2 aliphatic heterocycles. The minimum atomic E-state index is -0.134. The molecule has 6 heteroatoms. The zero-order valence-electron chi connectivity index (χ0n) is 10.8. The fourth-order valence-electron chi connectivity index (χ4n) is 2.36. The molecular weight excluding hydrogens is 230 g/mol. The Labute approximate surface area is 107 Å². The zero-order valence-corrected chi connectivity index (χ0v) is 10.8. The molecule has 0 aromatic carbocycles. The second kappa shape index (κ2) is 4.87. The Morgan fingerprint density at radius 1 is 1.56 bits per heavy atom. The van der Waals surface area contributed by atoms with E-state index in [0.29, 0.717) is 6.04 Å². The lowest BCUT2D eigenvalue weighted by molar-refractivity contribution is -0.0425. The fourth-order valence-corrected chi connectivity index (χ4v) is 2.36. The minimum Gasteiger partial charge on any atom is -0.371 e. The summed E-state index contributed by atoms with van der Waals surface area (Å²) in [6.07, 6.45) is 1.85. The highest BCUT2D eigenvalue weighted by molar-refractivity contribution is 5.35. The monoisotopic (exact) mass is 251 g/mol. The lowest BCUT2D eigenvalue weighted by Crippen LogP contribution is -2.52. The molecule has 0 saturated carbocycles. The van der Waals surface area contributed by atoms with Crippen LogP contribution in [0, 0.1) is 0 Å². The molecule has 3 heterocycles. The third-order valence-corrected chi connectivity index (χ3v) is 3.65. The number of ether oxygens (including phenoxy) is 1. The van der Waals surface area contributed by atoms with Gasteiger partial charge in [-0.1, -0.05) is 0 Å². The van der Waals surface area contributed by atoms with Gasteiger partial charge in [-0.25, -0.2) is 4.68 Å². The van der Waals surface area contributed by atoms with Gasteiger partial charge in [0.15, 0.2) is 0 Å². The average Bonchev–Trinajstić information content (AvgIpc) is 2.74. The molecule has 2 saturated heterocycles. The number of nitrogens with one attached hydrogen (secondary N) is 3. The van der Waals surface area contributed by atoms with E-state index in [4.69, 9.17) is 4.74 Å². The Balaban J connectivity index is 1.60. The first-order valence-corrected chi connectivity index (χ1v) is 6.60. The van der Waals surface area contributed by atoms with Crippen molar-refractivity contribution in [1.29, 1.82) is 0 Å². The molecule has 1 unspecified atom stereocenters. The summed E-state index contributed by atoms with van der Waals surface area (Å²) >= 11 is 0. The van der Waals surface area contributed by atoms with Crippen molar-refractivity contribution in [2.45, 2.75) is 18.6 Å². The Hall–Kier alpha value is -1.11. The van der Waals surface area contributed by atoms with Crippen molar-refractivity contribution < 1.29 is 4.74 Å². The molecule has 0 amide bonds. The molecule has 2 aliphatic rings. The van der Waals surface area contributed by atoms with Crippen LogP contribution in [0.25, 0.3) is 0 Å². The van der Waals surface area contributed by atoms with E-state index in [9.17, 15) is 0 Å². The molecule has 3 rings (SSSR count). The van der Waals surface area contributed by atoms with Crippen LogP contribution in [0.3, 0.4) is 0 Å². The second-order valence-corrected chi connectivity index (χ2v) is 5.30. The first kappa shape index (κ1) is 12.0. The van der Waals surface area contributed by atoms with Gasteiger partial charge in [0.25, 0.3) is 0 Å². The van der Waals surface area contributed by atoms with Gasteiger partial charge < -0.3 is 20.7 Å². The Morgan fingerprint density at radius 3 is 3.11 bits per heavy atom. The van der Waals surface area contributed by atoms with Gasteiger partial charge in [-0.3, -0.25) is 0 Å². The Kier molecular flexibility index (Phi) is 3.23. The molecule has 1 aromatic rings. The number of hydrogen-bond acceptors (Lipinski definition) is 5. The second-order valence-electron chi connectivity index (χ2n) is 5.30. The summed E-state index contributed by atoms with van der Waals surface area (Å²) in [5.74, 6) is 1.08. The largest absolute Gasteiger partial charge is 0.371 e.